The lowest BCUT2D eigenvalue weighted by atomic mass is 10.2. The van der Waals surface area contributed by atoms with Gasteiger partial charge in [0.15, 0.2) is 0 Å². The van der Waals surface area contributed by atoms with Gasteiger partial charge in [-0.25, -0.2) is 13.8 Å². The van der Waals surface area contributed by atoms with Crippen LogP contribution in [0, 0.1) is 11.6 Å². The van der Waals surface area contributed by atoms with Crippen LogP contribution in [0.3, 0.4) is 0 Å². The van der Waals surface area contributed by atoms with E-state index < -0.39 is 17.2 Å². The van der Waals surface area contributed by atoms with Crippen LogP contribution in [0.2, 0.25) is 0 Å². The Hall–Kier alpha value is -2.56. The molecule has 0 fully saturated rings. The lowest BCUT2D eigenvalue weighted by Crippen LogP contribution is -2.25. The molecule has 0 saturated carbocycles. The van der Waals surface area contributed by atoms with Gasteiger partial charge >= 0.3 is 0 Å². The third-order valence-corrected chi connectivity index (χ3v) is 3.32. The Bertz CT molecular complexity index is 867. The van der Waals surface area contributed by atoms with Gasteiger partial charge in [-0.2, -0.15) is 0 Å². The van der Waals surface area contributed by atoms with Crippen molar-refractivity contribution >= 4 is 10.9 Å². The quantitative estimate of drug-likeness (QED) is 0.725. The highest BCUT2D eigenvalue weighted by atomic mass is 19.1. The van der Waals surface area contributed by atoms with Gasteiger partial charge in [0.25, 0.3) is 5.56 Å². The number of fused-ring (bicyclic) bond motifs is 1. The molecule has 5 heteroatoms. The van der Waals surface area contributed by atoms with E-state index in [2.05, 4.69) is 4.98 Å². The van der Waals surface area contributed by atoms with Crippen LogP contribution >= 0.6 is 0 Å². The molecule has 3 nitrogen and oxygen atoms in total. The van der Waals surface area contributed by atoms with E-state index >= 15 is 0 Å². The molecule has 1 aromatic heterocycles. The van der Waals surface area contributed by atoms with Crippen molar-refractivity contribution < 1.29 is 8.78 Å². The second-order valence-corrected chi connectivity index (χ2v) is 4.61. The van der Waals surface area contributed by atoms with Crippen molar-refractivity contribution in [2.75, 3.05) is 0 Å². The molecule has 0 aliphatic carbocycles. The summed E-state index contributed by atoms with van der Waals surface area (Å²) in [5.74, 6) is -1.25. The highest BCUT2D eigenvalue weighted by molar-refractivity contribution is 5.77. The second kappa shape index (κ2) is 5.09. The molecule has 0 spiro atoms. The monoisotopic (exact) mass is 286 g/mol. The number of rotatable bonds is 2. The molecule has 0 aliphatic rings. The maximum Gasteiger partial charge on any atom is 0.266 e. The third kappa shape index (κ3) is 2.11. The van der Waals surface area contributed by atoms with Crippen molar-refractivity contribution in [3.8, 4) is 5.69 Å². The Morgan fingerprint density at radius 1 is 1.05 bits per heavy atom. The Labute approximate surface area is 119 Å². The minimum Gasteiger partial charge on any atom is -0.268 e. The maximum atomic E-state index is 14.0. The number of aryl methyl sites for hydroxylation is 1. The normalized spacial score (nSPS) is 11.0. The molecule has 106 valence electrons. The number of aromatic nitrogens is 2. The van der Waals surface area contributed by atoms with Gasteiger partial charge in [0.1, 0.15) is 23.1 Å². The molecule has 0 saturated heterocycles. The molecule has 3 rings (SSSR count). The first kappa shape index (κ1) is 13.4. The van der Waals surface area contributed by atoms with Gasteiger partial charge in [0, 0.05) is 6.42 Å². The predicted molar refractivity (Wildman–Crippen MR) is 76.6 cm³/mol. The fourth-order valence-corrected chi connectivity index (χ4v) is 2.35. The van der Waals surface area contributed by atoms with Crippen LogP contribution in [0.25, 0.3) is 16.6 Å². The molecule has 0 atom stereocenters. The van der Waals surface area contributed by atoms with E-state index in [4.69, 9.17) is 0 Å². The van der Waals surface area contributed by atoms with Gasteiger partial charge in [0.2, 0.25) is 0 Å². The Balaban J connectivity index is 2.47. The summed E-state index contributed by atoms with van der Waals surface area (Å²) in [4.78, 5) is 16.9. The number of para-hydroxylation sites is 2. The maximum absolute atomic E-state index is 14.0. The van der Waals surface area contributed by atoms with Crippen molar-refractivity contribution in [1.82, 2.24) is 9.55 Å². The summed E-state index contributed by atoms with van der Waals surface area (Å²) in [5.41, 5.74) is -0.327. The first-order chi connectivity index (χ1) is 10.1. The van der Waals surface area contributed by atoms with Crippen LogP contribution in [-0.2, 0) is 6.42 Å². The topological polar surface area (TPSA) is 34.9 Å². The summed E-state index contributed by atoms with van der Waals surface area (Å²) in [6, 6.07) is 10.3. The van der Waals surface area contributed by atoms with Crippen molar-refractivity contribution in [2.24, 2.45) is 0 Å². The standard InChI is InChI=1S/C16H12F2N2O/c1-2-14-19-13-9-4-3-6-10(13)16(21)20(14)15-11(17)7-5-8-12(15)18/h3-9H,2H2,1H3. The first-order valence-corrected chi connectivity index (χ1v) is 6.58. The lowest BCUT2D eigenvalue weighted by molar-refractivity contribution is 0.561. The average molecular weight is 286 g/mol. The van der Waals surface area contributed by atoms with E-state index in [1.807, 2.05) is 0 Å². The predicted octanol–water partition coefficient (Wildman–Crippen LogP) is 3.23. The molecule has 0 radical (unpaired) electrons. The summed E-state index contributed by atoms with van der Waals surface area (Å²) in [7, 11) is 0. The zero-order chi connectivity index (χ0) is 15.0. The van der Waals surface area contributed by atoms with E-state index in [1.165, 1.54) is 6.07 Å². The number of benzene rings is 2. The number of hydrogen-bond acceptors (Lipinski definition) is 2. The smallest absolute Gasteiger partial charge is 0.266 e. The number of halogens is 2. The van der Waals surface area contributed by atoms with Crippen molar-refractivity contribution in [1.29, 1.82) is 0 Å². The fraction of sp³-hybridized carbons (Fsp3) is 0.125. The molecule has 1 heterocycles. The Kier molecular flexibility index (Phi) is 3.25. The van der Waals surface area contributed by atoms with E-state index in [1.54, 1.807) is 31.2 Å². The van der Waals surface area contributed by atoms with Crippen LogP contribution in [0.15, 0.2) is 47.3 Å². The van der Waals surface area contributed by atoms with Crippen molar-refractivity contribution in [3.63, 3.8) is 0 Å². The van der Waals surface area contributed by atoms with E-state index in [0.29, 0.717) is 23.1 Å². The molecule has 3 aromatic rings. The summed E-state index contributed by atoms with van der Waals surface area (Å²) in [6.45, 7) is 1.78. The molecule has 21 heavy (non-hydrogen) atoms. The molecule has 0 amide bonds. The van der Waals surface area contributed by atoms with Crippen molar-refractivity contribution in [2.45, 2.75) is 13.3 Å². The minimum atomic E-state index is -0.788. The summed E-state index contributed by atoms with van der Waals surface area (Å²) >= 11 is 0. The Morgan fingerprint density at radius 3 is 2.38 bits per heavy atom. The SMILES string of the molecule is CCc1nc2ccccc2c(=O)n1-c1c(F)cccc1F. The summed E-state index contributed by atoms with van der Waals surface area (Å²) in [6.07, 6.45) is 0.383. The van der Waals surface area contributed by atoms with Gasteiger partial charge in [0.05, 0.1) is 10.9 Å². The molecular formula is C16H12F2N2O. The van der Waals surface area contributed by atoms with E-state index in [0.717, 1.165) is 16.7 Å². The molecule has 0 aliphatic heterocycles. The largest absolute Gasteiger partial charge is 0.268 e. The minimum absolute atomic E-state index is 0.322. The molecule has 2 aromatic carbocycles. The highest BCUT2D eigenvalue weighted by Crippen LogP contribution is 2.19. The summed E-state index contributed by atoms with van der Waals surface area (Å²) in [5, 5.41) is 0.331. The fourth-order valence-electron chi connectivity index (χ4n) is 2.35. The average Bonchev–Trinajstić information content (AvgIpc) is 2.49. The Morgan fingerprint density at radius 2 is 1.71 bits per heavy atom. The third-order valence-electron chi connectivity index (χ3n) is 3.32. The number of hydrogen-bond donors (Lipinski definition) is 0. The van der Waals surface area contributed by atoms with Crippen LogP contribution in [-0.4, -0.2) is 9.55 Å². The zero-order valence-corrected chi connectivity index (χ0v) is 11.3. The lowest BCUT2D eigenvalue weighted by Gasteiger charge is -2.13. The van der Waals surface area contributed by atoms with Gasteiger partial charge in [-0.05, 0) is 24.3 Å². The van der Waals surface area contributed by atoms with Gasteiger partial charge < -0.3 is 0 Å². The van der Waals surface area contributed by atoms with Crippen LogP contribution in [0.1, 0.15) is 12.7 Å². The second-order valence-electron chi connectivity index (χ2n) is 4.61. The molecule has 0 N–H and O–H groups in total. The molecule has 0 unspecified atom stereocenters. The first-order valence-electron chi connectivity index (χ1n) is 6.58. The van der Waals surface area contributed by atoms with E-state index in [9.17, 15) is 13.6 Å². The van der Waals surface area contributed by atoms with Crippen LogP contribution in [0.5, 0.6) is 0 Å². The van der Waals surface area contributed by atoms with Gasteiger partial charge in [-0.15, -0.1) is 0 Å². The van der Waals surface area contributed by atoms with Crippen LogP contribution in [0.4, 0.5) is 8.78 Å². The summed E-state index contributed by atoms with van der Waals surface area (Å²) < 4.78 is 29.0. The van der Waals surface area contributed by atoms with E-state index in [-0.39, 0.29) is 5.69 Å². The number of nitrogens with zero attached hydrogens (tertiary/aromatic N) is 2. The van der Waals surface area contributed by atoms with Gasteiger partial charge in [-0.1, -0.05) is 25.1 Å². The van der Waals surface area contributed by atoms with Crippen molar-refractivity contribution in [3.05, 3.63) is 70.3 Å². The molecule has 0 bridgehead atoms. The zero-order valence-electron chi connectivity index (χ0n) is 11.3. The molecular weight excluding hydrogens is 274 g/mol. The van der Waals surface area contributed by atoms with Gasteiger partial charge in [-0.3, -0.25) is 9.36 Å². The van der Waals surface area contributed by atoms with Crippen LogP contribution < -0.4 is 5.56 Å². The highest BCUT2D eigenvalue weighted by Gasteiger charge is 2.17.